The van der Waals surface area contributed by atoms with Gasteiger partial charge < -0.3 is 39.9 Å². The van der Waals surface area contributed by atoms with Crippen molar-refractivity contribution in [1.82, 2.24) is 0 Å². The van der Waals surface area contributed by atoms with Gasteiger partial charge in [0.25, 0.3) is 0 Å². The van der Waals surface area contributed by atoms with E-state index in [0.29, 0.717) is 13.0 Å². The number of aliphatic hydroxyl groups excluding tert-OH is 5. The van der Waals surface area contributed by atoms with Crippen LogP contribution in [0.15, 0.2) is 109 Å². The van der Waals surface area contributed by atoms with Gasteiger partial charge in [0, 0.05) is 13.0 Å². The van der Waals surface area contributed by atoms with Crippen LogP contribution >= 0.6 is 7.82 Å². The first-order chi connectivity index (χ1) is 31.0. The summed E-state index contributed by atoms with van der Waals surface area (Å²) in [6.45, 7) is 3.93. The molecule has 0 spiro atoms. The summed E-state index contributed by atoms with van der Waals surface area (Å²) in [5.74, 6) is -0.514. The summed E-state index contributed by atoms with van der Waals surface area (Å²) >= 11 is 0. The van der Waals surface area contributed by atoms with Gasteiger partial charge in [-0.2, -0.15) is 0 Å². The van der Waals surface area contributed by atoms with Gasteiger partial charge in [-0.25, -0.2) is 4.57 Å². The number of aliphatic hydroxyl groups is 5. The van der Waals surface area contributed by atoms with E-state index in [4.69, 9.17) is 18.5 Å². The maximum absolute atomic E-state index is 12.8. The van der Waals surface area contributed by atoms with Gasteiger partial charge in [-0.15, -0.1) is 0 Å². The SMILES string of the molecule is CC/C=C\C/C=C\C/C=C\C/C=C\C/C=C\C/C=C\C/C=C\CCCCOCC(COP(=O)(O)OC1C(O)C(O)C(O)C(O)C1O)OC(=O)CCCCCCC/C=C\C/C=C\CCC. The van der Waals surface area contributed by atoms with E-state index in [1.54, 1.807) is 0 Å². The van der Waals surface area contributed by atoms with Gasteiger partial charge >= 0.3 is 13.8 Å². The first-order valence-electron chi connectivity index (χ1n) is 23.7. The lowest BCUT2D eigenvalue weighted by Crippen LogP contribution is -2.64. The van der Waals surface area contributed by atoms with Crippen molar-refractivity contribution in [1.29, 1.82) is 0 Å². The topological polar surface area (TPSA) is 192 Å². The molecule has 0 bridgehead atoms. The van der Waals surface area contributed by atoms with E-state index in [2.05, 4.69) is 123 Å². The molecular formula is C51H83O12P. The zero-order chi connectivity index (χ0) is 46.9. The molecule has 1 fully saturated rings. The molecule has 12 nitrogen and oxygen atoms in total. The van der Waals surface area contributed by atoms with Crippen LogP contribution in [0.5, 0.6) is 0 Å². The molecule has 0 aliphatic heterocycles. The van der Waals surface area contributed by atoms with Gasteiger partial charge in [-0.1, -0.05) is 149 Å². The van der Waals surface area contributed by atoms with E-state index in [-0.39, 0.29) is 13.0 Å². The van der Waals surface area contributed by atoms with Crippen molar-refractivity contribution in [3.63, 3.8) is 0 Å². The summed E-state index contributed by atoms with van der Waals surface area (Å²) in [6.07, 6.45) is 44.5. The Morgan fingerprint density at radius 2 is 0.922 bits per heavy atom. The lowest BCUT2D eigenvalue weighted by Gasteiger charge is -2.41. The molecule has 0 aromatic carbocycles. The van der Waals surface area contributed by atoms with Crippen molar-refractivity contribution in [3.05, 3.63) is 109 Å². The molecule has 0 aromatic heterocycles. The molecule has 0 heterocycles. The second kappa shape index (κ2) is 40.3. The number of hydrogen-bond acceptors (Lipinski definition) is 11. The second-order valence-corrected chi connectivity index (χ2v) is 17.3. The Kier molecular flexibility index (Phi) is 37.2. The minimum Gasteiger partial charge on any atom is -0.457 e. The van der Waals surface area contributed by atoms with Gasteiger partial charge in [0.15, 0.2) is 0 Å². The maximum atomic E-state index is 12.8. The average Bonchev–Trinajstić information content (AvgIpc) is 3.28. The first kappa shape index (κ1) is 59.0. The van der Waals surface area contributed by atoms with Crippen LogP contribution in [-0.2, 0) is 27.9 Å². The Labute approximate surface area is 385 Å². The number of rotatable bonds is 38. The number of phosphoric ester groups is 1. The summed E-state index contributed by atoms with van der Waals surface area (Å²) in [5, 5.41) is 50.2. The fourth-order valence-electron chi connectivity index (χ4n) is 6.37. The minimum absolute atomic E-state index is 0.121. The molecule has 364 valence electrons. The van der Waals surface area contributed by atoms with E-state index < -0.39 is 63.1 Å². The Hall–Kier alpha value is -3.00. The number of esters is 1. The van der Waals surface area contributed by atoms with Crippen molar-refractivity contribution in [2.75, 3.05) is 19.8 Å². The standard InChI is InChI=1S/C51H83O12P/c1-3-5-7-9-11-13-15-17-18-19-20-21-22-23-24-25-26-27-29-31-33-35-37-39-41-60-42-44(43-61-64(58,59)63-51-49(56)47(54)46(53)48(55)50(51)57)62-45(52)40-38-36-34-32-30-28-16-14-12-10-8-6-4-2/h5,7-8,10-11,13-14,16-18,20-21,23-24,26-27,31,33,44,46-51,53-57H,3-4,6,9,12,15,19,22,25,28-30,32,34-43H2,1-2H3,(H,58,59)/b7-5-,10-8-,13-11-,16-14-,18-17-,21-20-,24-23-,27-26-,33-31-. The van der Waals surface area contributed by atoms with Crippen LogP contribution < -0.4 is 0 Å². The Bertz CT molecular complexity index is 1470. The zero-order valence-corrected chi connectivity index (χ0v) is 39.7. The number of carbonyl (C=O) groups is 1. The van der Waals surface area contributed by atoms with E-state index in [1.165, 1.54) is 0 Å². The molecule has 6 unspecified atom stereocenters. The van der Waals surface area contributed by atoms with Crippen LogP contribution in [0.1, 0.15) is 142 Å². The van der Waals surface area contributed by atoms with Crippen LogP contribution in [0.25, 0.3) is 0 Å². The molecule has 1 saturated carbocycles. The van der Waals surface area contributed by atoms with Crippen LogP contribution in [0.2, 0.25) is 0 Å². The van der Waals surface area contributed by atoms with Crippen LogP contribution in [0, 0.1) is 0 Å². The predicted octanol–water partition coefficient (Wildman–Crippen LogP) is 10.1. The summed E-state index contributed by atoms with van der Waals surface area (Å²) < 4.78 is 34.1. The summed E-state index contributed by atoms with van der Waals surface area (Å²) in [7, 11) is -5.04. The minimum atomic E-state index is -5.04. The highest BCUT2D eigenvalue weighted by molar-refractivity contribution is 7.47. The average molecular weight is 919 g/mol. The molecule has 1 aliphatic carbocycles. The molecule has 13 heteroatoms. The van der Waals surface area contributed by atoms with Gasteiger partial charge in [0.1, 0.15) is 42.7 Å². The Balaban J connectivity index is 2.42. The van der Waals surface area contributed by atoms with Crippen LogP contribution in [0.3, 0.4) is 0 Å². The summed E-state index contributed by atoms with van der Waals surface area (Å²) in [5.41, 5.74) is 0. The fourth-order valence-corrected chi connectivity index (χ4v) is 7.34. The maximum Gasteiger partial charge on any atom is 0.472 e. The number of ether oxygens (including phenoxy) is 2. The number of allylic oxidation sites excluding steroid dienone is 18. The highest BCUT2D eigenvalue weighted by Gasteiger charge is 2.51. The van der Waals surface area contributed by atoms with E-state index in [9.17, 15) is 39.8 Å². The molecule has 64 heavy (non-hydrogen) atoms. The van der Waals surface area contributed by atoms with E-state index in [1.807, 2.05) is 0 Å². The van der Waals surface area contributed by atoms with Gasteiger partial charge in [-0.3, -0.25) is 13.8 Å². The first-order valence-corrected chi connectivity index (χ1v) is 25.2. The van der Waals surface area contributed by atoms with Gasteiger partial charge in [0.05, 0.1) is 13.2 Å². The molecular weight excluding hydrogens is 836 g/mol. The third-order valence-electron chi connectivity index (χ3n) is 10.1. The molecule has 6 N–H and O–H groups in total. The number of carbonyl (C=O) groups excluding carboxylic acids is 1. The van der Waals surface area contributed by atoms with Crippen molar-refractivity contribution in [3.8, 4) is 0 Å². The van der Waals surface area contributed by atoms with Crippen molar-refractivity contribution < 1.29 is 58.3 Å². The molecule has 6 atom stereocenters. The van der Waals surface area contributed by atoms with E-state index >= 15 is 0 Å². The lowest BCUT2D eigenvalue weighted by molar-refractivity contribution is -0.220. The number of phosphoric acid groups is 1. The van der Waals surface area contributed by atoms with Crippen LogP contribution in [0.4, 0.5) is 0 Å². The molecule has 0 aromatic rings. The molecule has 0 amide bonds. The molecule has 0 radical (unpaired) electrons. The van der Waals surface area contributed by atoms with Gasteiger partial charge in [-0.05, 0) is 96.3 Å². The summed E-state index contributed by atoms with van der Waals surface area (Å²) in [4.78, 5) is 23.1. The monoisotopic (exact) mass is 919 g/mol. The Morgan fingerprint density at radius 3 is 1.41 bits per heavy atom. The smallest absolute Gasteiger partial charge is 0.457 e. The number of hydrogen-bond donors (Lipinski definition) is 6. The summed E-state index contributed by atoms with van der Waals surface area (Å²) in [6, 6.07) is 0. The van der Waals surface area contributed by atoms with Gasteiger partial charge in [0.2, 0.25) is 0 Å². The zero-order valence-electron chi connectivity index (χ0n) is 38.8. The van der Waals surface area contributed by atoms with Crippen molar-refractivity contribution >= 4 is 13.8 Å². The highest BCUT2D eigenvalue weighted by Crippen LogP contribution is 2.47. The second-order valence-electron chi connectivity index (χ2n) is 15.9. The lowest BCUT2D eigenvalue weighted by atomic mass is 9.85. The normalized spacial score (nSPS) is 22.7. The third kappa shape index (κ3) is 31.8. The quantitative estimate of drug-likeness (QED) is 0.0149. The van der Waals surface area contributed by atoms with E-state index in [0.717, 1.165) is 116 Å². The molecule has 1 aliphatic rings. The highest BCUT2D eigenvalue weighted by atomic mass is 31.2. The number of unbranched alkanes of at least 4 members (excludes halogenated alkanes) is 8. The van der Waals surface area contributed by atoms with Crippen molar-refractivity contribution in [2.45, 2.75) is 185 Å². The molecule has 0 saturated heterocycles. The fraction of sp³-hybridized carbons (Fsp3) is 0.627. The Morgan fingerprint density at radius 1 is 0.516 bits per heavy atom. The third-order valence-corrected chi connectivity index (χ3v) is 11.1. The molecule has 1 rings (SSSR count). The van der Waals surface area contributed by atoms with Crippen LogP contribution in [-0.4, -0.2) is 98.9 Å². The predicted molar refractivity (Wildman–Crippen MR) is 257 cm³/mol. The van der Waals surface area contributed by atoms with Crippen molar-refractivity contribution in [2.24, 2.45) is 0 Å². The largest absolute Gasteiger partial charge is 0.472 e.